The quantitative estimate of drug-likeness (QED) is 0.334. The van der Waals surface area contributed by atoms with Crippen molar-refractivity contribution in [1.29, 1.82) is 0 Å². The third-order valence-electron chi connectivity index (χ3n) is 3.81. The van der Waals surface area contributed by atoms with Gasteiger partial charge in [-0.05, 0) is 79.1 Å². The second-order valence-electron chi connectivity index (χ2n) is 5.60. The van der Waals surface area contributed by atoms with E-state index in [1.54, 1.807) is 18.2 Å². The number of nitrogens with one attached hydrogen (secondary N) is 2. The lowest BCUT2D eigenvalue weighted by Gasteiger charge is -2.13. The van der Waals surface area contributed by atoms with Crippen molar-refractivity contribution in [3.05, 3.63) is 63.0 Å². The average Bonchev–Trinajstić information content (AvgIpc) is 2.64. The Kier molecular flexibility index (Phi) is 5.98. The van der Waals surface area contributed by atoms with E-state index >= 15 is 0 Å². The summed E-state index contributed by atoms with van der Waals surface area (Å²) in [6.45, 7) is 0. The molecule has 0 unspecified atom stereocenters. The Balaban J connectivity index is 1.80. The summed E-state index contributed by atoms with van der Waals surface area (Å²) >= 11 is 11.7. The monoisotopic (exact) mass is 508 g/mol. The van der Waals surface area contributed by atoms with Gasteiger partial charge in [0.15, 0.2) is 5.11 Å². The molecule has 0 aliphatic heterocycles. The van der Waals surface area contributed by atoms with E-state index in [0.717, 1.165) is 10.8 Å². The lowest BCUT2D eigenvalue weighted by molar-refractivity contribution is 0.0975. The molecule has 0 aromatic heterocycles. The molecule has 8 heteroatoms. The molecule has 3 aromatic rings. The predicted octanol–water partition coefficient (Wildman–Crippen LogP) is 5.21. The van der Waals surface area contributed by atoms with E-state index in [1.807, 2.05) is 30.3 Å². The zero-order chi connectivity index (χ0) is 19.6. The first kappa shape index (κ1) is 19.6. The zero-order valence-electron chi connectivity index (χ0n) is 14.0. The highest BCUT2D eigenvalue weighted by Crippen LogP contribution is 2.35. The second-order valence-corrected chi connectivity index (χ2v) is 7.71. The first-order valence-corrected chi connectivity index (χ1v) is 9.75. The number of amides is 1. The molecule has 0 saturated heterocycles. The Morgan fingerprint density at radius 3 is 2.26 bits per heavy atom. The molecule has 0 bridgehead atoms. The summed E-state index contributed by atoms with van der Waals surface area (Å²) in [5.41, 5.74) is 0.982. The van der Waals surface area contributed by atoms with Gasteiger partial charge in [0, 0.05) is 5.69 Å². The maximum atomic E-state index is 12.7. The molecule has 1 amide bonds. The number of aromatic hydroxyl groups is 1. The Bertz CT molecular complexity index is 1030. The lowest BCUT2D eigenvalue weighted by Crippen LogP contribution is -2.34. The standard InChI is InChI=1S/C19H14Br2N2O3S/c1-26-16-7-11-5-3-2-4-10(11)6-13(16)18(25)23-19(27)22-12-8-14(20)17(24)15(21)9-12/h2-9,24H,1H3,(H2,22,23,25,27). The number of halogens is 2. The maximum Gasteiger partial charge on any atom is 0.261 e. The highest BCUT2D eigenvalue weighted by molar-refractivity contribution is 9.11. The number of carbonyl (C=O) groups excluding carboxylic acids is 1. The zero-order valence-corrected chi connectivity index (χ0v) is 18.0. The second kappa shape index (κ2) is 8.24. The molecule has 3 aromatic carbocycles. The van der Waals surface area contributed by atoms with Crippen LogP contribution in [0, 0.1) is 0 Å². The highest BCUT2D eigenvalue weighted by atomic mass is 79.9. The molecule has 138 valence electrons. The normalized spacial score (nSPS) is 10.5. The number of thiocarbonyl (C=S) groups is 1. The lowest BCUT2D eigenvalue weighted by atomic mass is 10.1. The van der Waals surface area contributed by atoms with Gasteiger partial charge in [0.1, 0.15) is 11.5 Å². The van der Waals surface area contributed by atoms with Crippen LogP contribution in [-0.2, 0) is 0 Å². The van der Waals surface area contributed by atoms with Crippen LogP contribution in [0.25, 0.3) is 10.8 Å². The minimum atomic E-state index is -0.382. The SMILES string of the molecule is COc1cc2ccccc2cc1C(=O)NC(=S)Nc1cc(Br)c(O)c(Br)c1. The van der Waals surface area contributed by atoms with Crippen LogP contribution >= 0.6 is 44.1 Å². The molecule has 27 heavy (non-hydrogen) atoms. The van der Waals surface area contributed by atoms with E-state index in [0.29, 0.717) is 25.9 Å². The van der Waals surface area contributed by atoms with Crippen LogP contribution in [0.5, 0.6) is 11.5 Å². The number of fused-ring (bicyclic) bond motifs is 1. The number of ether oxygens (including phenoxy) is 1. The molecular weight excluding hydrogens is 496 g/mol. The highest BCUT2D eigenvalue weighted by Gasteiger charge is 2.15. The van der Waals surface area contributed by atoms with Crippen molar-refractivity contribution in [1.82, 2.24) is 5.32 Å². The van der Waals surface area contributed by atoms with Crippen molar-refractivity contribution >= 4 is 71.6 Å². The predicted molar refractivity (Wildman–Crippen MR) is 118 cm³/mol. The number of carbonyl (C=O) groups is 1. The van der Waals surface area contributed by atoms with Gasteiger partial charge in [0.2, 0.25) is 0 Å². The average molecular weight is 510 g/mol. The van der Waals surface area contributed by atoms with E-state index in [9.17, 15) is 9.90 Å². The van der Waals surface area contributed by atoms with Crippen molar-refractivity contribution < 1.29 is 14.6 Å². The van der Waals surface area contributed by atoms with Crippen LogP contribution in [0.4, 0.5) is 5.69 Å². The summed E-state index contributed by atoms with van der Waals surface area (Å²) < 4.78 is 6.34. The summed E-state index contributed by atoms with van der Waals surface area (Å²) in [4.78, 5) is 12.7. The Labute approximate surface area is 178 Å². The van der Waals surface area contributed by atoms with Crippen molar-refractivity contribution in [2.24, 2.45) is 0 Å². The molecule has 0 fully saturated rings. The fourth-order valence-electron chi connectivity index (χ4n) is 2.54. The summed E-state index contributed by atoms with van der Waals surface area (Å²) in [6.07, 6.45) is 0. The van der Waals surface area contributed by atoms with Gasteiger partial charge in [-0.2, -0.15) is 0 Å². The minimum Gasteiger partial charge on any atom is -0.506 e. The number of phenols is 1. The van der Waals surface area contributed by atoms with Crippen LogP contribution in [0.3, 0.4) is 0 Å². The number of hydrogen-bond donors (Lipinski definition) is 3. The minimum absolute atomic E-state index is 0.0800. The molecule has 0 atom stereocenters. The Morgan fingerprint density at radius 2 is 1.67 bits per heavy atom. The number of rotatable bonds is 3. The molecule has 0 saturated carbocycles. The van der Waals surface area contributed by atoms with Crippen molar-refractivity contribution in [2.75, 3.05) is 12.4 Å². The summed E-state index contributed by atoms with van der Waals surface area (Å²) in [5.74, 6) is 0.160. The van der Waals surface area contributed by atoms with Crippen LogP contribution in [-0.4, -0.2) is 23.2 Å². The van der Waals surface area contributed by atoms with Gasteiger partial charge >= 0.3 is 0 Å². The molecule has 0 radical (unpaired) electrons. The van der Waals surface area contributed by atoms with Gasteiger partial charge in [-0.25, -0.2) is 0 Å². The van der Waals surface area contributed by atoms with Crippen LogP contribution < -0.4 is 15.4 Å². The molecule has 3 N–H and O–H groups in total. The topological polar surface area (TPSA) is 70.6 Å². The van der Waals surface area contributed by atoms with Crippen molar-refractivity contribution in [3.8, 4) is 11.5 Å². The number of anilines is 1. The van der Waals surface area contributed by atoms with Gasteiger partial charge in [0.05, 0.1) is 21.6 Å². The van der Waals surface area contributed by atoms with Gasteiger partial charge in [-0.1, -0.05) is 24.3 Å². The molecule has 0 spiro atoms. The number of benzene rings is 3. The van der Waals surface area contributed by atoms with Crippen LogP contribution in [0.2, 0.25) is 0 Å². The molecule has 3 rings (SSSR count). The third kappa shape index (κ3) is 4.40. The number of hydrogen-bond acceptors (Lipinski definition) is 4. The van der Waals surface area contributed by atoms with E-state index in [1.165, 1.54) is 7.11 Å². The van der Waals surface area contributed by atoms with Crippen molar-refractivity contribution in [3.63, 3.8) is 0 Å². The molecular formula is C19H14Br2N2O3S. The largest absolute Gasteiger partial charge is 0.506 e. The smallest absolute Gasteiger partial charge is 0.261 e. The van der Waals surface area contributed by atoms with E-state index < -0.39 is 0 Å². The van der Waals surface area contributed by atoms with Gasteiger partial charge in [-0.3, -0.25) is 10.1 Å². The van der Waals surface area contributed by atoms with Gasteiger partial charge < -0.3 is 15.2 Å². The molecule has 0 heterocycles. The van der Waals surface area contributed by atoms with Crippen LogP contribution in [0.1, 0.15) is 10.4 Å². The van der Waals surface area contributed by atoms with E-state index in [4.69, 9.17) is 17.0 Å². The Hall–Kier alpha value is -2.16. The van der Waals surface area contributed by atoms with Gasteiger partial charge in [0.25, 0.3) is 5.91 Å². The number of phenolic OH excluding ortho intramolecular Hbond substituents is 1. The summed E-state index contributed by atoms with van der Waals surface area (Å²) in [7, 11) is 1.52. The molecule has 0 aliphatic rings. The third-order valence-corrected chi connectivity index (χ3v) is 5.23. The summed E-state index contributed by atoms with van der Waals surface area (Å²) in [6, 6.07) is 14.6. The van der Waals surface area contributed by atoms with E-state index in [-0.39, 0.29) is 16.8 Å². The molecule has 0 aliphatic carbocycles. The maximum absolute atomic E-state index is 12.7. The molecule has 5 nitrogen and oxygen atoms in total. The fourth-order valence-corrected chi connectivity index (χ4v) is 3.93. The van der Waals surface area contributed by atoms with Gasteiger partial charge in [-0.15, -0.1) is 0 Å². The number of methoxy groups -OCH3 is 1. The van der Waals surface area contributed by atoms with E-state index in [2.05, 4.69) is 42.5 Å². The van der Waals surface area contributed by atoms with Crippen LogP contribution in [0.15, 0.2) is 57.5 Å². The fraction of sp³-hybridized carbons (Fsp3) is 0.0526. The first-order chi connectivity index (χ1) is 12.9. The Morgan fingerprint density at radius 1 is 1.07 bits per heavy atom. The van der Waals surface area contributed by atoms with Crippen molar-refractivity contribution in [2.45, 2.75) is 0 Å². The first-order valence-electron chi connectivity index (χ1n) is 7.76. The summed E-state index contributed by atoms with van der Waals surface area (Å²) in [5, 5.41) is 17.4.